The first-order valence-electron chi connectivity index (χ1n) is 5.94. The molecule has 1 aliphatic carbocycles. The molecule has 1 saturated carbocycles. The number of alkyl halides is 1. The highest BCUT2D eigenvalue weighted by Gasteiger charge is 2.19. The Morgan fingerprint density at radius 3 is 2.69 bits per heavy atom. The summed E-state index contributed by atoms with van der Waals surface area (Å²) in [6.45, 7) is 3.16. The number of hydrogen-bond donors (Lipinski definition) is 0. The van der Waals surface area contributed by atoms with Gasteiger partial charge in [0.25, 0.3) is 0 Å². The topological polar surface area (TPSA) is 16.1 Å². The summed E-state index contributed by atoms with van der Waals surface area (Å²) >= 11 is 5.83. The van der Waals surface area contributed by atoms with E-state index in [0.717, 1.165) is 29.5 Å². The fourth-order valence-electron chi connectivity index (χ4n) is 2.09. The highest BCUT2D eigenvalue weighted by molar-refractivity contribution is 6.17. The zero-order valence-corrected chi connectivity index (χ0v) is 10.8. The third-order valence-electron chi connectivity index (χ3n) is 3.47. The number of aryl methyl sites for hydroxylation is 1. The van der Waals surface area contributed by atoms with E-state index in [0.29, 0.717) is 5.88 Å². The fourth-order valence-corrected chi connectivity index (χ4v) is 2.37. The zero-order valence-electron chi connectivity index (χ0n) is 10.0. The largest absolute Gasteiger partial charge is 0.359 e. The molecule has 3 heteroatoms. The molecular formula is C13H19ClN2. The minimum atomic E-state index is 0.547. The Balaban J connectivity index is 2.04. The summed E-state index contributed by atoms with van der Waals surface area (Å²) in [5.41, 5.74) is 2.18. The molecule has 2 rings (SSSR count). The van der Waals surface area contributed by atoms with Crippen LogP contribution in [-0.4, -0.2) is 18.6 Å². The molecule has 0 saturated heterocycles. The van der Waals surface area contributed by atoms with E-state index in [4.69, 9.17) is 11.6 Å². The maximum atomic E-state index is 5.83. The lowest BCUT2D eigenvalue weighted by atomic mass is 9.85. The lowest BCUT2D eigenvalue weighted by Gasteiger charge is -2.30. The van der Waals surface area contributed by atoms with Crippen molar-refractivity contribution in [2.24, 2.45) is 5.92 Å². The van der Waals surface area contributed by atoms with E-state index in [1.165, 1.54) is 19.3 Å². The molecule has 2 nitrogen and oxygen atoms in total. The Morgan fingerprint density at radius 2 is 2.19 bits per heavy atom. The van der Waals surface area contributed by atoms with E-state index in [1.807, 2.05) is 6.92 Å². The van der Waals surface area contributed by atoms with Crippen LogP contribution in [0.2, 0.25) is 0 Å². The predicted octanol–water partition coefficient (Wildman–Crippen LogP) is 3.37. The van der Waals surface area contributed by atoms with Crippen LogP contribution in [0, 0.1) is 12.8 Å². The molecule has 0 radical (unpaired) electrons. The normalized spacial score (nSPS) is 15.9. The van der Waals surface area contributed by atoms with E-state index in [-0.39, 0.29) is 0 Å². The summed E-state index contributed by atoms with van der Waals surface area (Å²) in [5, 5.41) is 0. The molecule has 0 atom stereocenters. The lowest BCUT2D eigenvalue weighted by molar-refractivity contribution is 0.321. The lowest BCUT2D eigenvalue weighted by Crippen LogP contribution is -2.29. The number of aromatic nitrogens is 1. The molecule has 0 unspecified atom stereocenters. The summed E-state index contributed by atoms with van der Waals surface area (Å²) in [7, 11) is 2.13. The van der Waals surface area contributed by atoms with Crippen molar-refractivity contribution in [3.8, 4) is 0 Å². The molecule has 1 aliphatic rings. The Bertz CT molecular complexity index is 361. The first-order chi connectivity index (χ1) is 7.70. The van der Waals surface area contributed by atoms with Gasteiger partial charge in [0.15, 0.2) is 0 Å². The van der Waals surface area contributed by atoms with Crippen molar-refractivity contribution in [3.05, 3.63) is 23.4 Å². The Kier molecular flexibility index (Phi) is 3.70. The van der Waals surface area contributed by atoms with Gasteiger partial charge in [0, 0.05) is 25.2 Å². The standard InChI is InChI=1S/C13H19ClN2/c1-10-12(8-14)6-7-13(15-10)16(2)9-11-4-3-5-11/h6-7,11H,3-5,8-9H2,1-2H3. The number of rotatable bonds is 4. The van der Waals surface area contributed by atoms with Crippen molar-refractivity contribution in [1.82, 2.24) is 4.98 Å². The van der Waals surface area contributed by atoms with Gasteiger partial charge in [0.2, 0.25) is 0 Å². The molecule has 1 aromatic rings. The van der Waals surface area contributed by atoms with Crippen LogP contribution in [0.25, 0.3) is 0 Å². The summed E-state index contributed by atoms with van der Waals surface area (Å²) in [5.74, 6) is 2.49. The van der Waals surface area contributed by atoms with Crippen molar-refractivity contribution in [2.45, 2.75) is 32.1 Å². The van der Waals surface area contributed by atoms with Crippen LogP contribution >= 0.6 is 11.6 Å². The number of hydrogen-bond acceptors (Lipinski definition) is 2. The maximum absolute atomic E-state index is 5.83. The molecule has 16 heavy (non-hydrogen) atoms. The second-order valence-corrected chi connectivity index (χ2v) is 4.99. The quantitative estimate of drug-likeness (QED) is 0.748. The molecular weight excluding hydrogens is 220 g/mol. The van der Waals surface area contributed by atoms with Crippen LogP contribution in [0.15, 0.2) is 12.1 Å². The summed E-state index contributed by atoms with van der Waals surface area (Å²) in [4.78, 5) is 6.86. The summed E-state index contributed by atoms with van der Waals surface area (Å²) in [6.07, 6.45) is 4.16. The van der Waals surface area contributed by atoms with Crippen LogP contribution in [0.3, 0.4) is 0 Å². The van der Waals surface area contributed by atoms with Crippen molar-refractivity contribution < 1.29 is 0 Å². The van der Waals surface area contributed by atoms with Crippen molar-refractivity contribution in [2.75, 3.05) is 18.5 Å². The zero-order chi connectivity index (χ0) is 11.5. The van der Waals surface area contributed by atoms with Gasteiger partial charge in [-0.1, -0.05) is 12.5 Å². The Labute approximate surface area is 103 Å². The smallest absolute Gasteiger partial charge is 0.128 e. The van der Waals surface area contributed by atoms with Crippen LogP contribution in [0.1, 0.15) is 30.5 Å². The van der Waals surface area contributed by atoms with E-state index >= 15 is 0 Å². The maximum Gasteiger partial charge on any atom is 0.128 e. The molecule has 88 valence electrons. The second-order valence-electron chi connectivity index (χ2n) is 4.73. The Hall–Kier alpha value is -0.760. The predicted molar refractivity (Wildman–Crippen MR) is 69.1 cm³/mol. The van der Waals surface area contributed by atoms with Gasteiger partial charge in [0.1, 0.15) is 5.82 Å². The first kappa shape index (κ1) is 11.7. The van der Waals surface area contributed by atoms with E-state index in [2.05, 4.69) is 29.1 Å². The van der Waals surface area contributed by atoms with Gasteiger partial charge >= 0.3 is 0 Å². The molecule has 0 N–H and O–H groups in total. The van der Waals surface area contributed by atoms with E-state index < -0.39 is 0 Å². The van der Waals surface area contributed by atoms with Crippen LogP contribution in [0.5, 0.6) is 0 Å². The third-order valence-corrected chi connectivity index (χ3v) is 3.76. The van der Waals surface area contributed by atoms with Crippen LogP contribution in [0.4, 0.5) is 5.82 Å². The monoisotopic (exact) mass is 238 g/mol. The molecule has 1 fully saturated rings. The van der Waals surface area contributed by atoms with Crippen molar-refractivity contribution in [3.63, 3.8) is 0 Å². The van der Waals surface area contributed by atoms with Crippen LogP contribution in [-0.2, 0) is 5.88 Å². The number of halogens is 1. The molecule has 0 aliphatic heterocycles. The molecule has 0 aromatic carbocycles. The van der Waals surface area contributed by atoms with E-state index in [1.54, 1.807) is 0 Å². The highest BCUT2D eigenvalue weighted by Crippen LogP contribution is 2.28. The van der Waals surface area contributed by atoms with Gasteiger partial charge in [0.05, 0.1) is 0 Å². The Morgan fingerprint density at radius 1 is 1.44 bits per heavy atom. The number of pyridine rings is 1. The molecule has 0 bridgehead atoms. The minimum absolute atomic E-state index is 0.547. The molecule has 1 heterocycles. The SMILES string of the molecule is Cc1nc(N(C)CC2CCC2)ccc1CCl. The molecule has 1 aromatic heterocycles. The average Bonchev–Trinajstić information content (AvgIpc) is 2.23. The van der Waals surface area contributed by atoms with Crippen LogP contribution < -0.4 is 4.90 Å². The highest BCUT2D eigenvalue weighted by atomic mass is 35.5. The summed E-state index contributed by atoms with van der Waals surface area (Å²) < 4.78 is 0. The number of nitrogens with zero attached hydrogens (tertiary/aromatic N) is 2. The van der Waals surface area contributed by atoms with Gasteiger partial charge in [-0.3, -0.25) is 0 Å². The average molecular weight is 239 g/mol. The second kappa shape index (κ2) is 5.05. The fraction of sp³-hybridized carbons (Fsp3) is 0.615. The van der Waals surface area contributed by atoms with Gasteiger partial charge in [-0.05, 0) is 37.3 Å². The number of anilines is 1. The molecule has 0 amide bonds. The van der Waals surface area contributed by atoms with Gasteiger partial charge < -0.3 is 4.90 Å². The summed E-state index contributed by atoms with van der Waals surface area (Å²) in [6, 6.07) is 4.16. The van der Waals surface area contributed by atoms with Crippen molar-refractivity contribution in [1.29, 1.82) is 0 Å². The van der Waals surface area contributed by atoms with Gasteiger partial charge in [-0.15, -0.1) is 11.6 Å². The van der Waals surface area contributed by atoms with E-state index in [9.17, 15) is 0 Å². The third kappa shape index (κ3) is 2.49. The van der Waals surface area contributed by atoms with Gasteiger partial charge in [-0.2, -0.15) is 0 Å². The molecule has 0 spiro atoms. The van der Waals surface area contributed by atoms with Gasteiger partial charge in [-0.25, -0.2) is 4.98 Å². The first-order valence-corrected chi connectivity index (χ1v) is 6.48. The van der Waals surface area contributed by atoms with Crippen molar-refractivity contribution >= 4 is 17.4 Å². The minimum Gasteiger partial charge on any atom is -0.359 e.